The van der Waals surface area contributed by atoms with Gasteiger partial charge in [-0.15, -0.1) is 0 Å². The number of benzene rings is 2. The Labute approximate surface area is 165 Å². The van der Waals surface area contributed by atoms with Crippen molar-refractivity contribution in [2.24, 2.45) is 0 Å². The number of ether oxygens (including phenoxy) is 2. The number of hydrogen-bond acceptors (Lipinski definition) is 4. The lowest BCUT2D eigenvalue weighted by atomic mass is 10.2. The average Bonchev–Trinajstić information content (AvgIpc) is 2.99. The third-order valence-corrected chi connectivity index (χ3v) is 4.50. The molecule has 6 heteroatoms. The molecule has 0 unspecified atom stereocenters. The van der Waals surface area contributed by atoms with E-state index in [1.807, 2.05) is 73.1 Å². The fraction of sp³-hybridized carbons (Fsp3) is 0.273. The van der Waals surface area contributed by atoms with Gasteiger partial charge in [-0.2, -0.15) is 5.10 Å². The van der Waals surface area contributed by atoms with Gasteiger partial charge >= 0.3 is 0 Å². The Balaban J connectivity index is 1.55. The molecule has 3 aromatic rings. The molecule has 0 radical (unpaired) electrons. The van der Waals surface area contributed by atoms with E-state index in [1.165, 1.54) is 0 Å². The second kappa shape index (κ2) is 9.08. The van der Waals surface area contributed by atoms with Crippen LogP contribution in [0.15, 0.2) is 54.6 Å². The van der Waals surface area contributed by atoms with Crippen molar-refractivity contribution in [1.82, 2.24) is 15.1 Å². The molecule has 28 heavy (non-hydrogen) atoms. The number of carbonyl (C=O) groups excluding carboxylic acids is 1. The number of carbonyl (C=O) groups is 1. The molecule has 0 atom stereocenters. The van der Waals surface area contributed by atoms with Gasteiger partial charge in [-0.05, 0) is 43.7 Å². The van der Waals surface area contributed by atoms with Gasteiger partial charge in [0.1, 0.15) is 18.1 Å². The Morgan fingerprint density at radius 3 is 2.39 bits per heavy atom. The lowest BCUT2D eigenvalue weighted by Crippen LogP contribution is -2.29. The van der Waals surface area contributed by atoms with Crippen LogP contribution >= 0.6 is 0 Å². The van der Waals surface area contributed by atoms with E-state index in [4.69, 9.17) is 9.47 Å². The lowest BCUT2D eigenvalue weighted by Gasteiger charge is -2.09. The summed E-state index contributed by atoms with van der Waals surface area (Å²) in [7, 11) is 1.62. The summed E-state index contributed by atoms with van der Waals surface area (Å²) in [5, 5.41) is 7.44. The molecule has 146 valence electrons. The zero-order valence-corrected chi connectivity index (χ0v) is 16.4. The highest BCUT2D eigenvalue weighted by atomic mass is 16.5. The van der Waals surface area contributed by atoms with Gasteiger partial charge in [0.05, 0.1) is 31.5 Å². The Bertz CT molecular complexity index is 918. The normalized spacial score (nSPS) is 10.5. The molecular weight excluding hydrogens is 354 g/mol. The molecule has 0 saturated heterocycles. The molecule has 0 saturated carbocycles. The molecule has 1 amide bonds. The maximum absolute atomic E-state index is 12.6. The number of nitrogens with one attached hydrogen (secondary N) is 1. The summed E-state index contributed by atoms with van der Waals surface area (Å²) >= 11 is 0. The first-order valence-electron chi connectivity index (χ1n) is 9.21. The molecule has 6 nitrogen and oxygen atoms in total. The standard InChI is InChI=1S/C22H25N3O3/c1-16-21(17(2)25(24-16)15-18-7-5-4-6-8-18)22(26)23-13-14-28-20-11-9-19(27-3)10-12-20/h4-12H,13-15H2,1-3H3,(H,23,26). The van der Waals surface area contributed by atoms with Crippen molar-refractivity contribution >= 4 is 5.91 Å². The minimum absolute atomic E-state index is 0.132. The summed E-state index contributed by atoms with van der Waals surface area (Å²) in [6, 6.07) is 17.4. The summed E-state index contributed by atoms with van der Waals surface area (Å²) in [5.74, 6) is 1.38. The number of methoxy groups -OCH3 is 1. The van der Waals surface area contributed by atoms with Gasteiger partial charge in [-0.3, -0.25) is 9.48 Å². The molecular formula is C22H25N3O3. The van der Waals surface area contributed by atoms with E-state index in [0.29, 0.717) is 25.3 Å². The molecule has 0 bridgehead atoms. The summed E-state index contributed by atoms with van der Waals surface area (Å²) in [6.07, 6.45) is 0. The molecule has 0 aliphatic rings. The number of aromatic nitrogens is 2. The molecule has 0 fully saturated rings. The summed E-state index contributed by atoms with van der Waals surface area (Å²) in [6.45, 7) is 5.21. The van der Waals surface area contributed by atoms with Crippen LogP contribution in [0.1, 0.15) is 27.3 Å². The van der Waals surface area contributed by atoms with Crippen LogP contribution in [0.2, 0.25) is 0 Å². The van der Waals surface area contributed by atoms with E-state index in [1.54, 1.807) is 7.11 Å². The fourth-order valence-corrected chi connectivity index (χ4v) is 3.03. The summed E-state index contributed by atoms with van der Waals surface area (Å²) in [5.41, 5.74) is 3.35. The number of nitrogens with zero attached hydrogens (tertiary/aromatic N) is 2. The van der Waals surface area contributed by atoms with E-state index >= 15 is 0 Å². The van der Waals surface area contributed by atoms with Crippen molar-refractivity contribution in [3.63, 3.8) is 0 Å². The SMILES string of the molecule is COc1ccc(OCCNC(=O)c2c(C)nn(Cc3ccccc3)c2C)cc1. The highest BCUT2D eigenvalue weighted by molar-refractivity contribution is 5.96. The van der Waals surface area contributed by atoms with Gasteiger partial charge in [0, 0.05) is 5.69 Å². The lowest BCUT2D eigenvalue weighted by molar-refractivity contribution is 0.0945. The third-order valence-electron chi connectivity index (χ3n) is 4.50. The maximum Gasteiger partial charge on any atom is 0.255 e. The first-order valence-corrected chi connectivity index (χ1v) is 9.21. The van der Waals surface area contributed by atoms with Crippen molar-refractivity contribution < 1.29 is 14.3 Å². The van der Waals surface area contributed by atoms with Crippen molar-refractivity contribution in [3.05, 3.63) is 77.1 Å². The highest BCUT2D eigenvalue weighted by Gasteiger charge is 2.18. The summed E-state index contributed by atoms with van der Waals surface area (Å²) in [4.78, 5) is 12.6. The summed E-state index contributed by atoms with van der Waals surface area (Å²) < 4.78 is 12.6. The van der Waals surface area contributed by atoms with Gasteiger partial charge in [0.25, 0.3) is 5.91 Å². The van der Waals surface area contributed by atoms with Crippen molar-refractivity contribution in [3.8, 4) is 11.5 Å². The third kappa shape index (κ3) is 4.71. The second-order valence-corrected chi connectivity index (χ2v) is 6.47. The molecule has 1 heterocycles. The smallest absolute Gasteiger partial charge is 0.255 e. The van der Waals surface area contributed by atoms with Gasteiger partial charge in [-0.25, -0.2) is 0 Å². The van der Waals surface area contributed by atoms with E-state index < -0.39 is 0 Å². The maximum atomic E-state index is 12.6. The molecule has 1 aromatic heterocycles. The van der Waals surface area contributed by atoms with E-state index in [2.05, 4.69) is 10.4 Å². The molecule has 1 N–H and O–H groups in total. The zero-order chi connectivity index (χ0) is 19.9. The zero-order valence-electron chi connectivity index (χ0n) is 16.4. The van der Waals surface area contributed by atoms with Crippen molar-refractivity contribution in [2.75, 3.05) is 20.3 Å². The predicted molar refractivity (Wildman–Crippen MR) is 108 cm³/mol. The van der Waals surface area contributed by atoms with Crippen molar-refractivity contribution in [2.45, 2.75) is 20.4 Å². The number of amides is 1. The quantitative estimate of drug-likeness (QED) is 0.610. The van der Waals surface area contributed by atoms with Gasteiger partial charge in [0.15, 0.2) is 0 Å². The van der Waals surface area contributed by atoms with Crippen LogP contribution < -0.4 is 14.8 Å². The number of hydrogen-bond donors (Lipinski definition) is 1. The first kappa shape index (κ1) is 19.5. The molecule has 2 aromatic carbocycles. The van der Waals surface area contributed by atoms with Crippen LogP contribution in [-0.4, -0.2) is 35.9 Å². The van der Waals surface area contributed by atoms with Gasteiger partial charge in [0.2, 0.25) is 0 Å². The van der Waals surface area contributed by atoms with Crippen LogP contribution in [0.5, 0.6) is 11.5 Å². The van der Waals surface area contributed by atoms with Crippen molar-refractivity contribution in [1.29, 1.82) is 0 Å². The first-order chi connectivity index (χ1) is 13.6. The van der Waals surface area contributed by atoms with Crippen LogP contribution in [0.25, 0.3) is 0 Å². The highest BCUT2D eigenvalue weighted by Crippen LogP contribution is 2.17. The largest absolute Gasteiger partial charge is 0.497 e. The average molecular weight is 379 g/mol. The minimum Gasteiger partial charge on any atom is -0.497 e. The minimum atomic E-state index is -0.132. The molecule has 0 aliphatic carbocycles. The van der Waals surface area contributed by atoms with E-state index in [9.17, 15) is 4.79 Å². The van der Waals surface area contributed by atoms with Crippen LogP contribution in [0, 0.1) is 13.8 Å². The second-order valence-electron chi connectivity index (χ2n) is 6.47. The Morgan fingerprint density at radius 2 is 1.71 bits per heavy atom. The Morgan fingerprint density at radius 1 is 1.04 bits per heavy atom. The molecule has 3 rings (SSSR count). The number of aryl methyl sites for hydroxylation is 1. The molecule has 0 spiro atoms. The van der Waals surface area contributed by atoms with E-state index in [-0.39, 0.29) is 5.91 Å². The Kier molecular flexibility index (Phi) is 6.32. The number of rotatable bonds is 8. The topological polar surface area (TPSA) is 65.4 Å². The van der Waals surface area contributed by atoms with Crippen LogP contribution in [0.4, 0.5) is 0 Å². The Hall–Kier alpha value is -3.28. The van der Waals surface area contributed by atoms with Crippen LogP contribution in [-0.2, 0) is 6.54 Å². The van der Waals surface area contributed by atoms with E-state index in [0.717, 1.165) is 28.5 Å². The monoisotopic (exact) mass is 379 g/mol. The van der Waals surface area contributed by atoms with Crippen LogP contribution in [0.3, 0.4) is 0 Å². The van der Waals surface area contributed by atoms with Gasteiger partial charge in [-0.1, -0.05) is 30.3 Å². The molecule has 0 aliphatic heterocycles. The van der Waals surface area contributed by atoms with Gasteiger partial charge < -0.3 is 14.8 Å². The fourth-order valence-electron chi connectivity index (χ4n) is 3.03. The predicted octanol–water partition coefficient (Wildman–Crippen LogP) is 3.37.